The Morgan fingerprint density at radius 1 is 1.25 bits per heavy atom. The summed E-state index contributed by atoms with van der Waals surface area (Å²) in [6.07, 6.45) is 0.943. The van der Waals surface area contributed by atoms with E-state index in [-0.39, 0.29) is 5.91 Å². The van der Waals surface area contributed by atoms with Gasteiger partial charge in [0.2, 0.25) is 0 Å². The van der Waals surface area contributed by atoms with Gasteiger partial charge in [-0.3, -0.25) is 10.0 Å². The van der Waals surface area contributed by atoms with Gasteiger partial charge in [0.1, 0.15) is 0 Å². The molecule has 16 heavy (non-hydrogen) atoms. The van der Waals surface area contributed by atoms with Gasteiger partial charge in [0.25, 0.3) is 5.91 Å². The summed E-state index contributed by atoms with van der Waals surface area (Å²) in [7, 11) is 0. The molecule has 1 amide bonds. The van der Waals surface area contributed by atoms with Crippen LogP contribution in [0.1, 0.15) is 33.3 Å². The highest BCUT2D eigenvalue weighted by atomic mass is 16.5. The Balaban J connectivity index is 2.88. The minimum absolute atomic E-state index is 0.309. The van der Waals surface area contributed by atoms with Crippen molar-refractivity contribution in [1.29, 1.82) is 0 Å². The molecule has 0 fully saturated rings. The number of nitrogens with zero attached hydrogens (tertiary/aromatic N) is 1. The lowest BCUT2D eigenvalue weighted by Gasteiger charge is -2.24. The number of carbonyl (C=O) groups is 1. The average molecular weight is 221 g/mol. The summed E-state index contributed by atoms with van der Waals surface area (Å²) in [5.41, 5.74) is 1.11. The third-order valence-electron chi connectivity index (χ3n) is 2.42. The van der Waals surface area contributed by atoms with Crippen molar-refractivity contribution >= 4 is 11.6 Å². The molecule has 0 unspecified atom stereocenters. The summed E-state index contributed by atoms with van der Waals surface area (Å²) in [5, 5.41) is 10.5. The van der Waals surface area contributed by atoms with Crippen molar-refractivity contribution < 1.29 is 10.0 Å². The minimum atomic E-state index is -0.585. The fraction of sp³-hybridized carbons (Fsp3) is 0.462. The number of benzene rings is 1. The largest absolute Gasteiger partial charge is 0.281 e. The molecule has 0 saturated carbocycles. The van der Waals surface area contributed by atoms with E-state index < -0.39 is 5.41 Å². The Bertz CT molecular complexity index is 363. The van der Waals surface area contributed by atoms with Crippen molar-refractivity contribution in [3.63, 3.8) is 0 Å². The lowest BCUT2D eigenvalue weighted by atomic mass is 9.95. The maximum atomic E-state index is 11.8. The van der Waals surface area contributed by atoms with Crippen LogP contribution in [0.15, 0.2) is 24.3 Å². The summed E-state index contributed by atoms with van der Waals surface area (Å²) >= 11 is 0. The standard InChI is InChI=1S/C13H19NO2/c1-5-10-6-8-11(9-7-10)14(16)12(15)13(2,3)4/h6-9,16H,5H2,1-4H3. The molecular weight excluding hydrogens is 202 g/mol. The second-order valence-corrected chi connectivity index (χ2v) is 4.89. The maximum absolute atomic E-state index is 11.8. The fourth-order valence-electron chi connectivity index (χ4n) is 1.31. The van der Waals surface area contributed by atoms with Gasteiger partial charge in [-0.25, -0.2) is 0 Å². The number of aryl methyl sites for hydroxylation is 1. The summed E-state index contributed by atoms with van der Waals surface area (Å²) < 4.78 is 0. The van der Waals surface area contributed by atoms with Crippen LogP contribution in [0.2, 0.25) is 0 Å². The second-order valence-electron chi connectivity index (χ2n) is 4.89. The number of rotatable bonds is 2. The predicted molar refractivity (Wildman–Crippen MR) is 64.5 cm³/mol. The molecule has 0 spiro atoms. The van der Waals surface area contributed by atoms with Crippen molar-refractivity contribution in [1.82, 2.24) is 0 Å². The molecule has 3 heteroatoms. The van der Waals surface area contributed by atoms with Gasteiger partial charge >= 0.3 is 0 Å². The van der Waals surface area contributed by atoms with Gasteiger partial charge in [0.05, 0.1) is 5.69 Å². The maximum Gasteiger partial charge on any atom is 0.256 e. The smallest absolute Gasteiger partial charge is 0.256 e. The van der Waals surface area contributed by atoms with Crippen LogP contribution in [-0.2, 0) is 11.2 Å². The molecule has 0 aliphatic rings. The molecular formula is C13H19NO2. The van der Waals surface area contributed by atoms with E-state index in [2.05, 4.69) is 6.92 Å². The number of hydrogen-bond donors (Lipinski definition) is 1. The van der Waals surface area contributed by atoms with E-state index in [0.717, 1.165) is 11.5 Å². The highest BCUT2D eigenvalue weighted by molar-refractivity contribution is 5.94. The molecule has 0 aliphatic carbocycles. The Morgan fingerprint density at radius 3 is 2.12 bits per heavy atom. The Hall–Kier alpha value is -1.35. The van der Waals surface area contributed by atoms with Crippen molar-refractivity contribution in [2.45, 2.75) is 34.1 Å². The second kappa shape index (κ2) is 4.66. The molecule has 1 rings (SSSR count). The zero-order valence-electron chi connectivity index (χ0n) is 10.3. The monoisotopic (exact) mass is 221 g/mol. The first-order chi connectivity index (χ1) is 7.36. The van der Waals surface area contributed by atoms with E-state index in [1.165, 1.54) is 5.56 Å². The summed E-state index contributed by atoms with van der Waals surface area (Å²) in [6.45, 7) is 7.39. The molecule has 1 N–H and O–H groups in total. The van der Waals surface area contributed by atoms with Crippen LogP contribution in [0.3, 0.4) is 0 Å². The summed E-state index contributed by atoms with van der Waals surface area (Å²) in [4.78, 5) is 11.8. The highest BCUT2D eigenvalue weighted by Gasteiger charge is 2.27. The van der Waals surface area contributed by atoms with Crippen LogP contribution >= 0.6 is 0 Å². The third kappa shape index (κ3) is 2.83. The number of anilines is 1. The van der Waals surface area contributed by atoms with E-state index in [9.17, 15) is 10.0 Å². The molecule has 0 heterocycles. The highest BCUT2D eigenvalue weighted by Crippen LogP contribution is 2.22. The molecule has 3 nitrogen and oxygen atoms in total. The SMILES string of the molecule is CCc1ccc(N(O)C(=O)C(C)(C)C)cc1. The van der Waals surface area contributed by atoms with Crippen LogP contribution in [0.5, 0.6) is 0 Å². The number of carbonyl (C=O) groups excluding carboxylic acids is 1. The van der Waals surface area contributed by atoms with E-state index in [1.54, 1.807) is 32.9 Å². The number of hydroxylamine groups is 1. The zero-order valence-corrected chi connectivity index (χ0v) is 10.3. The van der Waals surface area contributed by atoms with Crippen molar-refractivity contribution in [2.75, 3.05) is 5.06 Å². The first kappa shape index (κ1) is 12.7. The lowest BCUT2D eigenvalue weighted by Crippen LogP contribution is -2.37. The molecule has 0 atom stereocenters. The van der Waals surface area contributed by atoms with Gasteiger partial charge in [0.15, 0.2) is 0 Å². The van der Waals surface area contributed by atoms with Crippen molar-refractivity contribution in [3.8, 4) is 0 Å². The Kier molecular flexibility index (Phi) is 3.70. The number of hydrogen-bond acceptors (Lipinski definition) is 2. The van der Waals surface area contributed by atoms with E-state index in [1.807, 2.05) is 12.1 Å². The quantitative estimate of drug-likeness (QED) is 0.616. The van der Waals surface area contributed by atoms with Crippen LogP contribution in [0, 0.1) is 5.41 Å². The normalized spacial score (nSPS) is 11.3. The Morgan fingerprint density at radius 2 is 1.75 bits per heavy atom. The molecule has 0 bridgehead atoms. The lowest BCUT2D eigenvalue weighted by molar-refractivity contribution is -0.131. The van der Waals surface area contributed by atoms with Gasteiger partial charge in [-0.15, -0.1) is 0 Å². The van der Waals surface area contributed by atoms with Gasteiger partial charge in [0, 0.05) is 5.41 Å². The number of amides is 1. The van der Waals surface area contributed by atoms with Crippen LogP contribution in [-0.4, -0.2) is 11.1 Å². The van der Waals surface area contributed by atoms with Crippen LogP contribution in [0.4, 0.5) is 5.69 Å². The van der Waals surface area contributed by atoms with Crippen LogP contribution in [0.25, 0.3) is 0 Å². The van der Waals surface area contributed by atoms with Gasteiger partial charge in [-0.1, -0.05) is 39.8 Å². The topological polar surface area (TPSA) is 40.5 Å². The van der Waals surface area contributed by atoms with Crippen molar-refractivity contribution in [2.24, 2.45) is 5.41 Å². The summed E-state index contributed by atoms with van der Waals surface area (Å²) in [5.74, 6) is -0.309. The van der Waals surface area contributed by atoms with Crippen LogP contribution < -0.4 is 5.06 Å². The Labute approximate surface area is 96.7 Å². The zero-order chi connectivity index (χ0) is 12.3. The van der Waals surface area contributed by atoms with E-state index in [0.29, 0.717) is 5.69 Å². The first-order valence-electron chi connectivity index (χ1n) is 5.48. The fourth-order valence-corrected chi connectivity index (χ4v) is 1.31. The molecule has 88 valence electrons. The third-order valence-corrected chi connectivity index (χ3v) is 2.42. The van der Waals surface area contributed by atoms with Gasteiger partial charge in [-0.2, -0.15) is 5.06 Å². The van der Waals surface area contributed by atoms with Gasteiger partial charge in [-0.05, 0) is 24.1 Å². The van der Waals surface area contributed by atoms with E-state index >= 15 is 0 Å². The molecule has 0 aliphatic heterocycles. The first-order valence-corrected chi connectivity index (χ1v) is 5.48. The van der Waals surface area contributed by atoms with Crippen molar-refractivity contribution in [3.05, 3.63) is 29.8 Å². The average Bonchev–Trinajstić information content (AvgIpc) is 2.26. The van der Waals surface area contributed by atoms with Gasteiger partial charge < -0.3 is 0 Å². The molecule has 0 saturated heterocycles. The molecule has 1 aromatic rings. The predicted octanol–water partition coefficient (Wildman–Crippen LogP) is 3.02. The molecule has 0 radical (unpaired) electrons. The van der Waals surface area contributed by atoms with E-state index in [4.69, 9.17) is 0 Å². The summed E-state index contributed by atoms with van der Waals surface area (Å²) in [6, 6.07) is 7.33. The molecule has 1 aromatic carbocycles. The minimum Gasteiger partial charge on any atom is -0.281 e. The molecule has 0 aromatic heterocycles.